The van der Waals surface area contributed by atoms with Crippen molar-refractivity contribution in [2.45, 2.75) is 31.4 Å². The molecule has 10 rings (SSSR count). The molecule has 0 spiro atoms. The molecule has 0 unspecified atom stereocenters. The third kappa shape index (κ3) is 4.82. The van der Waals surface area contributed by atoms with E-state index in [0.717, 1.165) is 17.8 Å². The smallest absolute Gasteiger partial charge is 0.109 e. The molecule has 1 heterocycles. The number of anilines is 3. The van der Waals surface area contributed by atoms with E-state index in [1.54, 1.807) is 10.4 Å². The van der Waals surface area contributed by atoms with Crippen LogP contribution in [0.25, 0.3) is 27.8 Å². The van der Waals surface area contributed by atoms with Crippen LogP contribution in [-0.4, -0.2) is 8.07 Å². The molecular weight excluding hydrogens is 655 g/mol. The number of benzene rings is 7. The van der Waals surface area contributed by atoms with Gasteiger partial charge in [0.1, 0.15) is 8.07 Å². The molecule has 0 aromatic heterocycles. The van der Waals surface area contributed by atoms with E-state index in [4.69, 9.17) is 0 Å². The Balaban J connectivity index is 1.14. The zero-order valence-corrected chi connectivity index (χ0v) is 31.3. The second-order valence-corrected chi connectivity index (χ2v) is 19.6. The van der Waals surface area contributed by atoms with Gasteiger partial charge >= 0.3 is 0 Å². The third-order valence-electron chi connectivity index (χ3n) is 12.1. The lowest BCUT2D eigenvalue weighted by atomic mass is 9.68. The molecule has 0 bridgehead atoms. The van der Waals surface area contributed by atoms with Gasteiger partial charge in [-0.2, -0.15) is 0 Å². The van der Waals surface area contributed by atoms with E-state index in [-0.39, 0.29) is 0 Å². The van der Waals surface area contributed by atoms with Gasteiger partial charge in [-0.3, -0.25) is 0 Å². The highest BCUT2D eigenvalue weighted by Crippen LogP contribution is 2.56. The quantitative estimate of drug-likeness (QED) is 0.157. The first-order valence-corrected chi connectivity index (χ1v) is 21.9. The molecule has 7 aromatic rings. The Morgan fingerprint density at radius 3 is 1.68 bits per heavy atom. The Kier molecular flexibility index (Phi) is 7.38. The van der Waals surface area contributed by atoms with Crippen molar-refractivity contribution in [3.63, 3.8) is 0 Å². The van der Waals surface area contributed by atoms with Gasteiger partial charge < -0.3 is 4.90 Å². The molecule has 3 aliphatic rings. The van der Waals surface area contributed by atoms with Gasteiger partial charge in [0, 0.05) is 17.1 Å². The van der Waals surface area contributed by atoms with Crippen LogP contribution in [-0.2, 0) is 5.41 Å². The lowest BCUT2D eigenvalue weighted by Crippen LogP contribution is -2.41. The molecule has 0 amide bonds. The van der Waals surface area contributed by atoms with Crippen LogP contribution in [0.3, 0.4) is 0 Å². The van der Waals surface area contributed by atoms with Crippen LogP contribution >= 0.6 is 0 Å². The Morgan fingerprint density at radius 1 is 0.491 bits per heavy atom. The van der Waals surface area contributed by atoms with E-state index in [1.165, 1.54) is 67.8 Å². The summed E-state index contributed by atoms with van der Waals surface area (Å²) in [5.74, 6) is 0. The van der Waals surface area contributed by atoms with Gasteiger partial charge in [0.25, 0.3) is 0 Å². The summed E-state index contributed by atoms with van der Waals surface area (Å²) in [5.41, 5.74) is 16.3. The zero-order valence-electron chi connectivity index (χ0n) is 30.3. The van der Waals surface area contributed by atoms with Crippen molar-refractivity contribution in [1.29, 1.82) is 0 Å². The van der Waals surface area contributed by atoms with E-state index in [0.29, 0.717) is 0 Å². The molecule has 254 valence electrons. The normalized spacial score (nSPS) is 15.7. The molecule has 0 N–H and O–H groups in total. The predicted molar refractivity (Wildman–Crippen MR) is 226 cm³/mol. The topological polar surface area (TPSA) is 3.24 Å². The van der Waals surface area contributed by atoms with Gasteiger partial charge in [-0.15, -0.1) is 0 Å². The second kappa shape index (κ2) is 12.3. The fourth-order valence-corrected chi connectivity index (χ4v) is 13.0. The van der Waals surface area contributed by atoms with Crippen LogP contribution in [0.2, 0.25) is 13.1 Å². The number of allylic oxidation sites excluding steroid dienone is 4. The van der Waals surface area contributed by atoms with E-state index in [2.05, 4.69) is 206 Å². The lowest BCUT2D eigenvalue weighted by Gasteiger charge is -2.34. The summed E-state index contributed by atoms with van der Waals surface area (Å²) in [6, 6.07) is 65.5. The zero-order chi connectivity index (χ0) is 35.6. The number of rotatable bonds is 6. The maximum absolute atomic E-state index is 2.54. The summed E-state index contributed by atoms with van der Waals surface area (Å²) in [7, 11) is -1.70. The first-order valence-electron chi connectivity index (χ1n) is 18.9. The number of hydrogen-bond acceptors (Lipinski definition) is 1. The standard InChI is InChI=1S/C51H41NSi/c1-53(2)49-24-14-11-21-45(49)46-35-42(33-34-50(46)53)52(40-29-25-37(26-30-40)36-15-5-3-6-16-36)41-31-27-39(28-32-41)51(38-17-7-4-8-18-38)47-22-12-9-19-43(47)44-20-10-13-23-48(44)51/h3-13,15-23,25-35H,14,24H2,1-2H3. The molecule has 7 aromatic carbocycles. The van der Waals surface area contributed by atoms with E-state index >= 15 is 0 Å². The van der Waals surface area contributed by atoms with Crippen LogP contribution in [0, 0.1) is 0 Å². The van der Waals surface area contributed by atoms with Gasteiger partial charge in [0.05, 0.1) is 5.41 Å². The maximum Gasteiger partial charge on any atom is 0.109 e. The Morgan fingerprint density at radius 2 is 1.02 bits per heavy atom. The van der Waals surface area contributed by atoms with Gasteiger partial charge in [-0.05, 0) is 110 Å². The molecule has 0 atom stereocenters. The summed E-state index contributed by atoms with van der Waals surface area (Å²) in [4.78, 5) is 2.45. The van der Waals surface area contributed by atoms with Crippen molar-refractivity contribution < 1.29 is 0 Å². The van der Waals surface area contributed by atoms with Gasteiger partial charge in [-0.25, -0.2) is 0 Å². The van der Waals surface area contributed by atoms with Crippen molar-refractivity contribution in [1.82, 2.24) is 0 Å². The van der Waals surface area contributed by atoms with Crippen LogP contribution < -0.4 is 10.1 Å². The van der Waals surface area contributed by atoms with Gasteiger partial charge in [0.2, 0.25) is 0 Å². The lowest BCUT2D eigenvalue weighted by molar-refractivity contribution is 0.768. The van der Waals surface area contributed by atoms with Crippen molar-refractivity contribution in [2.24, 2.45) is 0 Å². The molecule has 0 radical (unpaired) electrons. The van der Waals surface area contributed by atoms with E-state index in [1.807, 2.05) is 0 Å². The molecule has 53 heavy (non-hydrogen) atoms. The fourth-order valence-electron chi connectivity index (χ4n) is 9.62. The molecule has 0 saturated heterocycles. The van der Waals surface area contributed by atoms with Crippen molar-refractivity contribution in [3.8, 4) is 22.3 Å². The van der Waals surface area contributed by atoms with Crippen LogP contribution in [0.15, 0.2) is 193 Å². The molecule has 1 nitrogen and oxygen atoms in total. The monoisotopic (exact) mass is 695 g/mol. The number of nitrogens with zero attached hydrogens (tertiary/aromatic N) is 1. The second-order valence-electron chi connectivity index (χ2n) is 15.2. The molecule has 0 fully saturated rings. The first-order chi connectivity index (χ1) is 26.0. The largest absolute Gasteiger partial charge is 0.310 e. The summed E-state index contributed by atoms with van der Waals surface area (Å²) in [5, 5.41) is 3.27. The minimum Gasteiger partial charge on any atom is -0.310 e. The highest BCUT2D eigenvalue weighted by Gasteiger charge is 2.46. The van der Waals surface area contributed by atoms with Gasteiger partial charge in [0.15, 0.2) is 0 Å². The minimum atomic E-state index is -1.70. The van der Waals surface area contributed by atoms with Crippen molar-refractivity contribution >= 4 is 35.9 Å². The van der Waals surface area contributed by atoms with Crippen molar-refractivity contribution in [3.05, 3.63) is 221 Å². The molecule has 0 saturated carbocycles. The van der Waals surface area contributed by atoms with Crippen molar-refractivity contribution in [2.75, 3.05) is 4.90 Å². The average Bonchev–Trinajstić information content (AvgIpc) is 3.65. The Bertz CT molecular complexity index is 2510. The SMILES string of the molecule is C[Si]1(C)C2=C(C=CCC2)c2cc(N(c3ccc(-c4ccccc4)cc3)c3ccc(C4(c5ccccc5)c5ccccc5-c5ccccc54)cc3)ccc21. The molecule has 2 heteroatoms. The summed E-state index contributed by atoms with van der Waals surface area (Å²) in [6.45, 7) is 5.07. The summed E-state index contributed by atoms with van der Waals surface area (Å²) < 4.78 is 0. The number of hydrogen-bond donors (Lipinski definition) is 0. The predicted octanol–water partition coefficient (Wildman–Crippen LogP) is 12.8. The average molecular weight is 696 g/mol. The minimum absolute atomic E-state index is 0.422. The maximum atomic E-state index is 2.54. The highest BCUT2D eigenvalue weighted by molar-refractivity contribution is 6.98. The van der Waals surface area contributed by atoms with E-state index in [9.17, 15) is 0 Å². The third-order valence-corrected chi connectivity index (χ3v) is 15.9. The Labute approximate surface area is 314 Å². The fraction of sp³-hybridized carbons (Fsp3) is 0.0980. The van der Waals surface area contributed by atoms with Crippen LogP contribution in [0.5, 0.6) is 0 Å². The Hall–Kier alpha value is -5.96. The highest BCUT2D eigenvalue weighted by atomic mass is 28.3. The van der Waals surface area contributed by atoms with Crippen LogP contribution in [0.4, 0.5) is 17.1 Å². The molecule has 1 aliphatic heterocycles. The molecular formula is C51H41NSi. The first kappa shape index (κ1) is 31.7. The molecule has 2 aliphatic carbocycles. The summed E-state index contributed by atoms with van der Waals surface area (Å²) in [6.07, 6.45) is 7.11. The van der Waals surface area contributed by atoms with E-state index < -0.39 is 13.5 Å². The number of fused-ring (bicyclic) bond motifs is 5. The van der Waals surface area contributed by atoms with Gasteiger partial charge in [-0.1, -0.05) is 170 Å². The summed E-state index contributed by atoms with van der Waals surface area (Å²) >= 11 is 0. The van der Waals surface area contributed by atoms with Crippen LogP contribution in [0.1, 0.15) is 40.7 Å².